The number of benzene rings is 3. The van der Waals surface area contributed by atoms with E-state index in [1.807, 2.05) is 6.08 Å². The Balaban J connectivity index is 1.85. The Morgan fingerprint density at radius 3 is 1.93 bits per heavy atom. The number of hydrogen-bond acceptors (Lipinski definition) is 4. The molecule has 1 aliphatic carbocycles. The Morgan fingerprint density at radius 2 is 1.35 bits per heavy atom. The van der Waals surface area contributed by atoms with Gasteiger partial charge in [0.15, 0.2) is 5.96 Å². The maximum Gasteiger partial charge on any atom is 0.416 e. The van der Waals surface area contributed by atoms with Crippen molar-refractivity contribution in [2.45, 2.75) is 38.0 Å². The number of rotatable bonds is 11. The van der Waals surface area contributed by atoms with Gasteiger partial charge >= 0.3 is 12.4 Å². The van der Waals surface area contributed by atoms with Crippen LogP contribution in [0.25, 0.3) is 27.8 Å². The molecule has 46 heavy (non-hydrogen) atoms. The highest BCUT2D eigenvalue weighted by molar-refractivity contribution is 5.80. The second-order valence-electron chi connectivity index (χ2n) is 10.9. The minimum absolute atomic E-state index is 0.0875. The molecule has 0 bridgehead atoms. The van der Waals surface area contributed by atoms with Gasteiger partial charge in [-0.3, -0.25) is 4.99 Å². The largest absolute Gasteiger partial charge is 0.493 e. The molecule has 0 fully saturated rings. The van der Waals surface area contributed by atoms with Crippen LogP contribution < -0.4 is 27.7 Å². The molecule has 0 saturated carbocycles. The average Bonchev–Trinajstić information content (AvgIpc) is 2.97. The van der Waals surface area contributed by atoms with Crippen LogP contribution in [0.15, 0.2) is 65.7 Å². The summed E-state index contributed by atoms with van der Waals surface area (Å²) < 4.78 is 89.9. The van der Waals surface area contributed by atoms with Gasteiger partial charge < -0.3 is 27.7 Å². The minimum Gasteiger partial charge on any atom is -0.493 e. The Bertz CT molecular complexity index is 1660. The van der Waals surface area contributed by atoms with Gasteiger partial charge in [0.2, 0.25) is 0 Å². The van der Waals surface area contributed by atoms with Crippen molar-refractivity contribution >= 4 is 11.5 Å². The van der Waals surface area contributed by atoms with E-state index in [4.69, 9.17) is 27.7 Å². The monoisotopic (exact) mass is 643 g/mol. The molecule has 12 heteroatoms. The highest BCUT2D eigenvalue weighted by atomic mass is 19.4. The summed E-state index contributed by atoms with van der Waals surface area (Å²) in [5.74, 6) is 5.83. The molecule has 1 aliphatic rings. The van der Waals surface area contributed by atoms with E-state index in [1.165, 1.54) is 12.1 Å². The standard InChI is InChI=1S/C34H35F6N5O/c35-33(36,37)29-13-21(4-1-2-6-41)10-24(16-29)27-15-28(20-31(19-27)46-9-3-8-45-32(43)44)26-14-25(17-30(18-26)34(38,39)40)23-11-22(12-23)5-7-42/h10-11,13-20,22H,2-3,5-9,12,41-42H2,(H4,43,44,45). The first-order valence-electron chi connectivity index (χ1n) is 14.7. The molecule has 0 saturated heterocycles. The summed E-state index contributed by atoms with van der Waals surface area (Å²) in [6.45, 7) is 1.12. The Morgan fingerprint density at radius 1 is 0.783 bits per heavy atom. The number of aliphatic imine (C=N–C) groups is 1. The molecule has 4 rings (SSSR count). The SMILES string of the molecule is NCCC#Cc1cc(-c2cc(OCCCN=C(N)N)cc(-c3cc(C4=CC(CCN)C4)cc(C(F)(F)F)c3)c2)cc(C(F)(F)F)c1. The average molecular weight is 644 g/mol. The molecule has 0 amide bonds. The van der Waals surface area contributed by atoms with Crippen molar-refractivity contribution in [3.05, 3.63) is 82.9 Å². The van der Waals surface area contributed by atoms with Crippen LogP contribution in [0.4, 0.5) is 26.3 Å². The third kappa shape index (κ3) is 9.28. The van der Waals surface area contributed by atoms with Crippen molar-refractivity contribution in [2.75, 3.05) is 26.2 Å². The van der Waals surface area contributed by atoms with Crippen molar-refractivity contribution in [3.8, 4) is 39.8 Å². The van der Waals surface area contributed by atoms with E-state index < -0.39 is 23.5 Å². The Kier molecular flexibility index (Phi) is 11.0. The quantitative estimate of drug-likeness (QED) is 0.0620. The molecule has 0 radical (unpaired) electrons. The van der Waals surface area contributed by atoms with Crippen molar-refractivity contribution in [3.63, 3.8) is 0 Å². The maximum absolute atomic E-state index is 14.1. The first-order chi connectivity index (χ1) is 21.8. The first kappa shape index (κ1) is 34.4. The van der Waals surface area contributed by atoms with Crippen LogP contribution in [-0.2, 0) is 12.4 Å². The number of halogens is 6. The van der Waals surface area contributed by atoms with Crippen LogP contribution >= 0.6 is 0 Å². The van der Waals surface area contributed by atoms with Crippen LogP contribution in [0.1, 0.15) is 47.9 Å². The molecule has 3 aromatic carbocycles. The number of nitrogens with two attached hydrogens (primary N) is 4. The number of alkyl halides is 6. The summed E-state index contributed by atoms with van der Waals surface area (Å²) >= 11 is 0. The van der Waals surface area contributed by atoms with Gasteiger partial charge in [0.1, 0.15) is 5.75 Å². The number of guanidine groups is 1. The zero-order valence-corrected chi connectivity index (χ0v) is 24.9. The predicted molar refractivity (Wildman–Crippen MR) is 168 cm³/mol. The smallest absolute Gasteiger partial charge is 0.416 e. The topological polar surface area (TPSA) is 126 Å². The van der Waals surface area contributed by atoms with E-state index in [0.717, 1.165) is 36.3 Å². The van der Waals surface area contributed by atoms with Gasteiger partial charge in [-0.15, -0.1) is 0 Å². The van der Waals surface area contributed by atoms with Crippen LogP contribution in [0.5, 0.6) is 5.75 Å². The van der Waals surface area contributed by atoms with Gasteiger partial charge in [-0.1, -0.05) is 17.9 Å². The molecule has 3 aromatic rings. The van der Waals surface area contributed by atoms with Crippen LogP contribution in [0.2, 0.25) is 0 Å². The minimum atomic E-state index is -4.67. The normalized spacial score (nSPS) is 14.5. The molecule has 244 valence electrons. The van der Waals surface area contributed by atoms with Gasteiger partial charge in [-0.25, -0.2) is 0 Å². The van der Waals surface area contributed by atoms with Gasteiger partial charge in [0.05, 0.1) is 17.7 Å². The zero-order chi connectivity index (χ0) is 33.5. The van der Waals surface area contributed by atoms with Crippen LogP contribution in [-0.4, -0.2) is 32.2 Å². The molecule has 0 aromatic heterocycles. The van der Waals surface area contributed by atoms with Gasteiger partial charge in [-0.2, -0.15) is 26.3 Å². The maximum atomic E-state index is 14.1. The van der Waals surface area contributed by atoms with Gasteiger partial charge in [0.25, 0.3) is 0 Å². The zero-order valence-electron chi connectivity index (χ0n) is 24.9. The first-order valence-corrected chi connectivity index (χ1v) is 14.7. The molecule has 0 spiro atoms. The van der Waals surface area contributed by atoms with Gasteiger partial charge in [-0.05, 0) is 113 Å². The Hall–Kier alpha value is -4.47. The summed E-state index contributed by atoms with van der Waals surface area (Å²) in [7, 11) is 0. The molecule has 8 N–H and O–H groups in total. The Labute approximate surface area is 263 Å². The van der Waals surface area contributed by atoms with E-state index in [-0.39, 0.29) is 54.0 Å². The summed E-state index contributed by atoms with van der Waals surface area (Å²) in [6.07, 6.45) is -5.35. The van der Waals surface area contributed by atoms with Crippen molar-refractivity contribution < 1.29 is 31.1 Å². The molecule has 0 aliphatic heterocycles. The highest BCUT2D eigenvalue weighted by Gasteiger charge is 2.33. The lowest BCUT2D eigenvalue weighted by Crippen LogP contribution is -2.23. The lowest BCUT2D eigenvalue weighted by molar-refractivity contribution is -0.138. The lowest BCUT2D eigenvalue weighted by atomic mass is 9.79. The molecular weight excluding hydrogens is 608 g/mol. The molecule has 1 atom stereocenters. The number of ether oxygens (including phenoxy) is 1. The summed E-state index contributed by atoms with van der Waals surface area (Å²) in [5.41, 5.74) is 22.4. The predicted octanol–water partition coefficient (Wildman–Crippen LogP) is 6.55. The summed E-state index contributed by atoms with van der Waals surface area (Å²) in [6, 6.07) is 11.8. The van der Waals surface area contributed by atoms with E-state index in [1.54, 1.807) is 18.2 Å². The van der Waals surface area contributed by atoms with E-state index in [0.29, 0.717) is 42.5 Å². The van der Waals surface area contributed by atoms with E-state index in [9.17, 15) is 26.3 Å². The summed E-state index contributed by atoms with van der Waals surface area (Å²) in [4.78, 5) is 3.89. The van der Waals surface area contributed by atoms with Crippen molar-refractivity contribution in [1.82, 2.24) is 0 Å². The number of allylic oxidation sites excluding steroid dienone is 2. The lowest BCUT2D eigenvalue weighted by Gasteiger charge is -2.26. The fourth-order valence-corrected chi connectivity index (χ4v) is 5.04. The fourth-order valence-electron chi connectivity index (χ4n) is 5.04. The van der Waals surface area contributed by atoms with Crippen LogP contribution in [0, 0.1) is 17.8 Å². The van der Waals surface area contributed by atoms with Crippen LogP contribution in [0.3, 0.4) is 0 Å². The van der Waals surface area contributed by atoms with Crippen molar-refractivity contribution in [2.24, 2.45) is 33.8 Å². The number of nitrogens with zero attached hydrogens (tertiary/aromatic N) is 1. The van der Waals surface area contributed by atoms with Gasteiger partial charge in [0, 0.05) is 31.5 Å². The summed E-state index contributed by atoms with van der Waals surface area (Å²) in [5, 5.41) is 0. The van der Waals surface area contributed by atoms with E-state index in [2.05, 4.69) is 16.8 Å². The third-order valence-corrected chi connectivity index (χ3v) is 7.29. The molecule has 1 unspecified atom stereocenters. The van der Waals surface area contributed by atoms with Crippen molar-refractivity contribution in [1.29, 1.82) is 0 Å². The highest BCUT2D eigenvalue weighted by Crippen LogP contribution is 2.42. The second-order valence-corrected chi connectivity index (χ2v) is 10.9. The third-order valence-electron chi connectivity index (χ3n) is 7.29. The number of hydrogen-bond donors (Lipinski definition) is 4. The fraction of sp³-hybridized carbons (Fsp3) is 0.324. The molecule has 6 nitrogen and oxygen atoms in total. The molecular formula is C34H35F6N5O. The second kappa shape index (κ2) is 14.7. The van der Waals surface area contributed by atoms with E-state index >= 15 is 0 Å². The molecule has 0 heterocycles.